The zero-order valence-electron chi connectivity index (χ0n) is 16.9. The van der Waals surface area contributed by atoms with Crippen LogP contribution >= 0.6 is 23.2 Å². The third-order valence-electron chi connectivity index (χ3n) is 5.21. The Labute approximate surface area is 186 Å². The summed E-state index contributed by atoms with van der Waals surface area (Å²) in [5, 5.41) is 7.79. The molecule has 0 saturated carbocycles. The molecule has 4 rings (SSSR count). The lowest BCUT2D eigenvalue weighted by molar-refractivity contribution is 0.407. The highest BCUT2D eigenvalue weighted by molar-refractivity contribution is 6.31. The SMILES string of the molecule is C[C@@H]1CCC[C@H](C)N1c1nc(Nc2cccc(Cl)c2)nc(Nc2cccc(Cl)c2)n1. The number of hydrogen-bond donors (Lipinski definition) is 2. The Balaban J connectivity index is 1.71. The van der Waals surface area contributed by atoms with Gasteiger partial charge in [-0.2, -0.15) is 15.0 Å². The Morgan fingerprint density at radius 3 is 1.77 bits per heavy atom. The fourth-order valence-electron chi connectivity index (χ4n) is 3.80. The molecule has 1 aliphatic heterocycles. The van der Waals surface area contributed by atoms with Crippen molar-refractivity contribution in [3.05, 3.63) is 58.6 Å². The number of piperidine rings is 1. The zero-order chi connectivity index (χ0) is 21.1. The van der Waals surface area contributed by atoms with Crippen molar-refractivity contribution < 1.29 is 0 Å². The third kappa shape index (κ3) is 4.94. The fourth-order valence-corrected chi connectivity index (χ4v) is 4.18. The van der Waals surface area contributed by atoms with Gasteiger partial charge in [0.05, 0.1) is 0 Å². The molecule has 0 aliphatic carbocycles. The molecule has 2 atom stereocenters. The first-order chi connectivity index (χ1) is 14.5. The standard InChI is InChI=1S/C22H24Cl2N6/c1-14-6-3-7-15(2)30(14)22-28-20(25-18-10-4-8-16(23)12-18)27-21(29-22)26-19-11-5-9-17(24)13-19/h4-5,8-15H,3,6-7H2,1-2H3,(H2,25,26,27,28,29)/t14-,15+. The minimum Gasteiger partial charge on any atom is -0.335 e. The van der Waals surface area contributed by atoms with E-state index < -0.39 is 0 Å². The predicted molar refractivity (Wildman–Crippen MR) is 125 cm³/mol. The highest BCUT2D eigenvalue weighted by Gasteiger charge is 2.28. The van der Waals surface area contributed by atoms with Gasteiger partial charge in [-0.05, 0) is 69.5 Å². The van der Waals surface area contributed by atoms with E-state index in [2.05, 4.69) is 34.4 Å². The molecule has 1 saturated heterocycles. The van der Waals surface area contributed by atoms with Crippen molar-refractivity contribution in [3.63, 3.8) is 0 Å². The van der Waals surface area contributed by atoms with E-state index in [9.17, 15) is 0 Å². The number of rotatable bonds is 5. The van der Waals surface area contributed by atoms with Gasteiger partial charge in [-0.15, -0.1) is 0 Å². The number of aromatic nitrogens is 3. The van der Waals surface area contributed by atoms with Crippen LogP contribution in [0.15, 0.2) is 48.5 Å². The van der Waals surface area contributed by atoms with Crippen LogP contribution in [0.2, 0.25) is 10.0 Å². The lowest BCUT2D eigenvalue weighted by Crippen LogP contribution is -2.45. The molecule has 156 valence electrons. The van der Waals surface area contributed by atoms with Gasteiger partial charge in [-0.25, -0.2) is 0 Å². The summed E-state index contributed by atoms with van der Waals surface area (Å²) in [6.07, 6.45) is 3.44. The van der Waals surface area contributed by atoms with Crippen LogP contribution in [0.5, 0.6) is 0 Å². The average molecular weight is 443 g/mol. The molecule has 1 aromatic heterocycles. The lowest BCUT2D eigenvalue weighted by atomic mass is 9.98. The van der Waals surface area contributed by atoms with Crippen LogP contribution in [0.3, 0.4) is 0 Å². The Bertz CT molecular complexity index is 952. The zero-order valence-corrected chi connectivity index (χ0v) is 18.5. The summed E-state index contributed by atoms with van der Waals surface area (Å²) in [5.41, 5.74) is 1.63. The highest BCUT2D eigenvalue weighted by atomic mass is 35.5. The molecule has 2 heterocycles. The number of nitrogens with one attached hydrogen (secondary N) is 2. The number of anilines is 5. The van der Waals surface area contributed by atoms with E-state index in [4.69, 9.17) is 33.2 Å². The largest absolute Gasteiger partial charge is 0.335 e. The molecule has 8 heteroatoms. The van der Waals surface area contributed by atoms with Gasteiger partial charge in [-0.3, -0.25) is 0 Å². The summed E-state index contributed by atoms with van der Waals surface area (Å²) in [6, 6.07) is 15.6. The summed E-state index contributed by atoms with van der Waals surface area (Å²) in [6.45, 7) is 4.43. The van der Waals surface area contributed by atoms with E-state index in [0.29, 0.717) is 40.0 Å². The second-order valence-corrected chi connectivity index (χ2v) is 8.46. The first-order valence-corrected chi connectivity index (χ1v) is 10.8. The van der Waals surface area contributed by atoms with Crippen molar-refractivity contribution in [1.82, 2.24) is 15.0 Å². The van der Waals surface area contributed by atoms with Crippen molar-refractivity contribution >= 4 is 52.4 Å². The Kier molecular flexibility index (Phi) is 6.25. The minimum atomic E-state index is 0.356. The van der Waals surface area contributed by atoms with Crippen LogP contribution in [-0.2, 0) is 0 Å². The molecule has 0 radical (unpaired) electrons. The van der Waals surface area contributed by atoms with Gasteiger partial charge in [0.1, 0.15) is 0 Å². The van der Waals surface area contributed by atoms with E-state index >= 15 is 0 Å². The summed E-state index contributed by atoms with van der Waals surface area (Å²) in [7, 11) is 0. The van der Waals surface area contributed by atoms with E-state index in [1.54, 1.807) is 0 Å². The predicted octanol–water partition coefficient (Wildman–Crippen LogP) is 6.43. The Morgan fingerprint density at radius 1 is 0.800 bits per heavy atom. The number of benzene rings is 2. The molecular formula is C22H24Cl2N6. The molecule has 1 aliphatic rings. The maximum Gasteiger partial charge on any atom is 0.233 e. The van der Waals surface area contributed by atoms with Crippen LogP contribution in [-0.4, -0.2) is 27.0 Å². The quantitative estimate of drug-likeness (QED) is 0.474. The molecule has 0 unspecified atom stereocenters. The van der Waals surface area contributed by atoms with Crippen molar-refractivity contribution in [2.24, 2.45) is 0 Å². The van der Waals surface area contributed by atoms with Crippen molar-refractivity contribution in [2.45, 2.75) is 45.2 Å². The normalized spacial score (nSPS) is 18.9. The van der Waals surface area contributed by atoms with Crippen LogP contribution in [0.4, 0.5) is 29.2 Å². The van der Waals surface area contributed by atoms with Gasteiger partial charge in [-0.1, -0.05) is 35.3 Å². The molecule has 30 heavy (non-hydrogen) atoms. The molecule has 3 aromatic rings. The minimum absolute atomic E-state index is 0.356. The lowest BCUT2D eigenvalue weighted by Gasteiger charge is -2.39. The molecule has 2 N–H and O–H groups in total. The first kappa shape index (κ1) is 20.7. The first-order valence-electron chi connectivity index (χ1n) is 10.1. The smallest absolute Gasteiger partial charge is 0.233 e. The van der Waals surface area contributed by atoms with Gasteiger partial charge < -0.3 is 15.5 Å². The number of halogens is 2. The van der Waals surface area contributed by atoms with E-state index in [1.807, 2.05) is 48.5 Å². The van der Waals surface area contributed by atoms with Crippen molar-refractivity contribution in [2.75, 3.05) is 15.5 Å². The summed E-state index contributed by atoms with van der Waals surface area (Å²) in [5.74, 6) is 1.56. The molecular weight excluding hydrogens is 419 g/mol. The van der Waals surface area contributed by atoms with E-state index in [0.717, 1.165) is 24.2 Å². The second kappa shape index (κ2) is 9.06. The summed E-state index contributed by atoms with van der Waals surface area (Å²) >= 11 is 12.3. The third-order valence-corrected chi connectivity index (χ3v) is 5.68. The maximum absolute atomic E-state index is 6.13. The topological polar surface area (TPSA) is 66.0 Å². The van der Waals surface area contributed by atoms with Gasteiger partial charge >= 0.3 is 0 Å². The van der Waals surface area contributed by atoms with E-state index in [1.165, 1.54) is 6.42 Å². The molecule has 2 aromatic carbocycles. The monoisotopic (exact) mass is 442 g/mol. The molecule has 0 spiro atoms. The second-order valence-electron chi connectivity index (χ2n) is 7.59. The number of nitrogens with zero attached hydrogens (tertiary/aromatic N) is 4. The van der Waals surface area contributed by atoms with Crippen LogP contribution < -0.4 is 15.5 Å². The van der Waals surface area contributed by atoms with Gasteiger partial charge in [0.15, 0.2) is 0 Å². The van der Waals surface area contributed by atoms with Crippen LogP contribution in [0.25, 0.3) is 0 Å². The van der Waals surface area contributed by atoms with E-state index in [-0.39, 0.29) is 0 Å². The van der Waals surface area contributed by atoms with Crippen molar-refractivity contribution in [1.29, 1.82) is 0 Å². The van der Waals surface area contributed by atoms with Crippen LogP contribution in [0, 0.1) is 0 Å². The van der Waals surface area contributed by atoms with Crippen LogP contribution in [0.1, 0.15) is 33.1 Å². The molecule has 0 bridgehead atoms. The molecule has 6 nitrogen and oxygen atoms in total. The molecule has 0 amide bonds. The average Bonchev–Trinajstić information content (AvgIpc) is 2.68. The summed E-state index contributed by atoms with van der Waals surface area (Å²) < 4.78 is 0. The maximum atomic E-state index is 6.13. The highest BCUT2D eigenvalue weighted by Crippen LogP contribution is 2.29. The summed E-state index contributed by atoms with van der Waals surface area (Å²) in [4.78, 5) is 16.3. The Hall–Kier alpha value is -2.57. The molecule has 1 fully saturated rings. The Morgan fingerprint density at radius 2 is 1.30 bits per heavy atom. The van der Waals surface area contributed by atoms with Gasteiger partial charge in [0.25, 0.3) is 0 Å². The van der Waals surface area contributed by atoms with Gasteiger partial charge in [0, 0.05) is 33.5 Å². The van der Waals surface area contributed by atoms with Crippen molar-refractivity contribution in [3.8, 4) is 0 Å². The van der Waals surface area contributed by atoms with Gasteiger partial charge in [0.2, 0.25) is 17.8 Å². The fraction of sp³-hybridized carbons (Fsp3) is 0.318. The number of hydrogen-bond acceptors (Lipinski definition) is 6.